The first-order chi connectivity index (χ1) is 7.88. The standard InChI is InChI=1S/C14H22O2/c1-15-13-8-4-6-11-9-10-5-2-3-7-12(10)16-14(11)13/h11,13-14H,2-9H2,1H3/t11-,13+,14+/m1/s1. The molecule has 3 aliphatic rings. The molecule has 0 aromatic heterocycles. The van der Waals surface area contributed by atoms with Crippen LogP contribution in [0.2, 0.25) is 0 Å². The maximum Gasteiger partial charge on any atom is 0.127 e. The van der Waals surface area contributed by atoms with Gasteiger partial charge in [0.1, 0.15) is 6.10 Å². The van der Waals surface area contributed by atoms with E-state index in [1.807, 2.05) is 7.11 Å². The van der Waals surface area contributed by atoms with E-state index in [4.69, 9.17) is 9.47 Å². The molecule has 0 saturated heterocycles. The summed E-state index contributed by atoms with van der Waals surface area (Å²) in [5.74, 6) is 2.06. The van der Waals surface area contributed by atoms with Crippen LogP contribution in [0.1, 0.15) is 51.4 Å². The Balaban J connectivity index is 1.80. The molecule has 1 aliphatic heterocycles. The molecule has 0 radical (unpaired) electrons. The lowest BCUT2D eigenvalue weighted by Gasteiger charge is -2.43. The van der Waals surface area contributed by atoms with Crippen molar-refractivity contribution in [2.45, 2.75) is 63.6 Å². The van der Waals surface area contributed by atoms with Gasteiger partial charge in [-0.05, 0) is 44.1 Å². The Hall–Kier alpha value is -0.500. The quantitative estimate of drug-likeness (QED) is 0.677. The van der Waals surface area contributed by atoms with E-state index in [-0.39, 0.29) is 0 Å². The van der Waals surface area contributed by atoms with Crippen LogP contribution in [0.25, 0.3) is 0 Å². The van der Waals surface area contributed by atoms with E-state index in [1.165, 1.54) is 57.1 Å². The molecule has 1 heterocycles. The van der Waals surface area contributed by atoms with Gasteiger partial charge in [0.05, 0.1) is 11.9 Å². The molecule has 90 valence electrons. The van der Waals surface area contributed by atoms with Crippen molar-refractivity contribution in [2.75, 3.05) is 7.11 Å². The smallest absolute Gasteiger partial charge is 0.127 e. The van der Waals surface area contributed by atoms with Crippen LogP contribution >= 0.6 is 0 Å². The van der Waals surface area contributed by atoms with E-state index in [0.29, 0.717) is 12.2 Å². The molecule has 0 bridgehead atoms. The predicted octanol–water partition coefficient (Wildman–Crippen LogP) is 3.42. The summed E-state index contributed by atoms with van der Waals surface area (Å²) in [6, 6.07) is 0. The third-order valence-corrected chi connectivity index (χ3v) is 4.51. The zero-order chi connectivity index (χ0) is 11.0. The topological polar surface area (TPSA) is 18.5 Å². The van der Waals surface area contributed by atoms with Gasteiger partial charge in [-0.25, -0.2) is 0 Å². The Morgan fingerprint density at radius 2 is 2.00 bits per heavy atom. The number of hydrogen-bond donors (Lipinski definition) is 0. The first-order valence-electron chi connectivity index (χ1n) is 6.79. The Labute approximate surface area is 98.0 Å². The molecule has 2 heteroatoms. The number of fused-ring (bicyclic) bond motifs is 1. The molecule has 1 fully saturated rings. The number of ether oxygens (including phenoxy) is 2. The molecule has 1 saturated carbocycles. The highest BCUT2D eigenvalue weighted by molar-refractivity contribution is 5.17. The van der Waals surface area contributed by atoms with Crippen molar-refractivity contribution in [3.05, 3.63) is 11.3 Å². The first-order valence-corrected chi connectivity index (χ1v) is 6.79. The highest BCUT2D eigenvalue weighted by Gasteiger charge is 2.39. The van der Waals surface area contributed by atoms with Crippen LogP contribution in [-0.4, -0.2) is 19.3 Å². The summed E-state index contributed by atoms with van der Waals surface area (Å²) in [4.78, 5) is 0. The lowest BCUT2D eigenvalue weighted by molar-refractivity contribution is -0.0938. The minimum Gasteiger partial charge on any atom is -0.492 e. The highest BCUT2D eigenvalue weighted by atomic mass is 16.5. The van der Waals surface area contributed by atoms with Gasteiger partial charge >= 0.3 is 0 Å². The predicted molar refractivity (Wildman–Crippen MR) is 63.1 cm³/mol. The highest BCUT2D eigenvalue weighted by Crippen LogP contribution is 2.43. The lowest BCUT2D eigenvalue weighted by Crippen LogP contribution is -2.43. The van der Waals surface area contributed by atoms with Gasteiger partial charge < -0.3 is 9.47 Å². The van der Waals surface area contributed by atoms with E-state index in [2.05, 4.69) is 0 Å². The van der Waals surface area contributed by atoms with Crippen LogP contribution in [0, 0.1) is 5.92 Å². The van der Waals surface area contributed by atoms with Crippen molar-refractivity contribution in [2.24, 2.45) is 5.92 Å². The summed E-state index contributed by atoms with van der Waals surface area (Å²) in [7, 11) is 1.83. The van der Waals surface area contributed by atoms with Crippen molar-refractivity contribution >= 4 is 0 Å². The van der Waals surface area contributed by atoms with Gasteiger partial charge in [-0.3, -0.25) is 0 Å². The van der Waals surface area contributed by atoms with Gasteiger partial charge in [0, 0.05) is 19.4 Å². The molecule has 0 amide bonds. The molecule has 2 nitrogen and oxygen atoms in total. The van der Waals surface area contributed by atoms with Crippen molar-refractivity contribution < 1.29 is 9.47 Å². The number of allylic oxidation sites excluding steroid dienone is 2. The van der Waals surface area contributed by atoms with Crippen LogP contribution < -0.4 is 0 Å². The molecule has 3 rings (SSSR count). The largest absolute Gasteiger partial charge is 0.492 e. The second-order valence-electron chi connectivity index (χ2n) is 5.49. The van der Waals surface area contributed by atoms with Crippen molar-refractivity contribution in [3.63, 3.8) is 0 Å². The molecule has 0 spiro atoms. The van der Waals surface area contributed by atoms with E-state index in [1.54, 1.807) is 5.57 Å². The normalized spacial score (nSPS) is 38.7. The van der Waals surface area contributed by atoms with Crippen molar-refractivity contribution in [3.8, 4) is 0 Å². The molecular weight excluding hydrogens is 200 g/mol. The van der Waals surface area contributed by atoms with Crippen LogP contribution in [0.3, 0.4) is 0 Å². The van der Waals surface area contributed by atoms with Crippen LogP contribution in [-0.2, 0) is 9.47 Å². The van der Waals surface area contributed by atoms with Gasteiger partial charge in [0.25, 0.3) is 0 Å². The monoisotopic (exact) mass is 222 g/mol. The third kappa shape index (κ3) is 1.77. The van der Waals surface area contributed by atoms with Crippen LogP contribution in [0.4, 0.5) is 0 Å². The second kappa shape index (κ2) is 4.40. The summed E-state index contributed by atoms with van der Waals surface area (Å²) in [6.07, 6.45) is 11.0. The molecule has 0 aromatic rings. The maximum atomic E-state index is 6.25. The molecule has 0 aromatic carbocycles. The van der Waals surface area contributed by atoms with Gasteiger partial charge in [-0.1, -0.05) is 6.42 Å². The number of rotatable bonds is 1. The minimum atomic E-state index is 0.342. The zero-order valence-corrected chi connectivity index (χ0v) is 10.2. The molecular formula is C14H22O2. The van der Waals surface area contributed by atoms with Gasteiger partial charge in [0.2, 0.25) is 0 Å². The fourth-order valence-corrected chi connectivity index (χ4v) is 3.63. The molecule has 16 heavy (non-hydrogen) atoms. The van der Waals surface area contributed by atoms with Crippen molar-refractivity contribution in [1.29, 1.82) is 0 Å². The lowest BCUT2D eigenvalue weighted by atomic mass is 9.76. The van der Waals surface area contributed by atoms with E-state index in [0.717, 1.165) is 5.92 Å². The van der Waals surface area contributed by atoms with E-state index < -0.39 is 0 Å². The van der Waals surface area contributed by atoms with Crippen molar-refractivity contribution in [1.82, 2.24) is 0 Å². The molecule has 0 unspecified atom stereocenters. The van der Waals surface area contributed by atoms with E-state index in [9.17, 15) is 0 Å². The van der Waals surface area contributed by atoms with Gasteiger partial charge in [-0.2, -0.15) is 0 Å². The fourth-order valence-electron chi connectivity index (χ4n) is 3.63. The summed E-state index contributed by atoms with van der Waals surface area (Å²) in [5, 5.41) is 0. The van der Waals surface area contributed by atoms with E-state index >= 15 is 0 Å². The molecule has 3 atom stereocenters. The molecule has 2 aliphatic carbocycles. The zero-order valence-electron chi connectivity index (χ0n) is 10.2. The number of methoxy groups -OCH3 is 1. The SMILES string of the molecule is CO[C@H]1CCC[C@@H]2CC3=C(CCCC3)O[C@@H]21. The Morgan fingerprint density at radius 3 is 2.88 bits per heavy atom. The average molecular weight is 222 g/mol. The third-order valence-electron chi connectivity index (χ3n) is 4.51. The van der Waals surface area contributed by atoms with Crippen LogP contribution in [0.5, 0.6) is 0 Å². The Morgan fingerprint density at radius 1 is 1.12 bits per heavy atom. The molecule has 0 N–H and O–H groups in total. The maximum absolute atomic E-state index is 6.25. The van der Waals surface area contributed by atoms with Gasteiger partial charge in [-0.15, -0.1) is 0 Å². The summed E-state index contributed by atoms with van der Waals surface area (Å²) < 4.78 is 11.8. The van der Waals surface area contributed by atoms with Gasteiger partial charge in [0.15, 0.2) is 0 Å². The summed E-state index contributed by atoms with van der Waals surface area (Å²) in [6.45, 7) is 0. The van der Waals surface area contributed by atoms with Crippen LogP contribution in [0.15, 0.2) is 11.3 Å². The average Bonchev–Trinajstić information content (AvgIpc) is 2.35. The Bertz CT molecular complexity index is 295. The Kier molecular flexibility index (Phi) is 2.93. The second-order valence-corrected chi connectivity index (χ2v) is 5.49. The summed E-state index contributed by atoms with van der Waals surface area (Å²) >= 11 is 0. The summed E-state index contributed by atoms with van der Waals surface area (Å²) in [5.41, 5.74) is 1.63. The first kappa shape index (κ1) is 10.6. The minimum absolute atomic E-state index is 0.342. The number of hydrogen-bond acceptors (Lipinski definition) is 2. The fraction of sp³-hybridized carbons (Fsp3) is 0.857.